The highest BCUT2D eigenvalue weighted by Gasteiger charge is 2.18. The highest BCUT2D eigenvalue weighted by atomic mass is 19.1. The first-order chi connectivity index (χ1) is 9.08. The van der Waals surface area contributed by atoms with Crippen molar-refractivity contribution in [2.75, 3.05) is 26.7 Å². The number of likely N-dealkylation sites (N-methyl/N-ethyl adjacent to an activating group) is 1. The van der Waals surface area contributed by atoms with E-state index in [0.29, 0.717) is 25.4 Å². The number of amides is 1. The van der Waals surface area contributed by atoms with Gasteiger partial charge >= 0.3 is 0 Å². The van der Waals surface area contributed by atoms with E-state index in [-0.39, 0.29) is 17.6 Å². The van der Waals surface area contributed by atoms with Gasteiger partial charge in [-0.3, -0.25) is 4.79 Å². The van der Waals surface area contributed by atoms with Gasteiger partial charge in [0.25, 0.3) is 0 Å². The molecular formula is C14H21FN2O2. The number of hydrogen-bond donors (Lipinski definition) is 1. The maximum Gasteiger partial charge on any atom is 0.226 e. The monoisotopic (exact) mass is 268 g/mol. The van der Waals surface area contributed by atoms with E-state index >= 15 is 0 Å². The number of hydrogen-bond acceptors (Lipinski definition) is 3. The Morgan fingerprint density at radius 3 is 2.84 bits per heavy atom. The van der Waals surface area contributed by atoms with Crippen molar-refractivity contribution in [2.24, 2.45) is 11.7 Å². The number of carbonyl (C=O) groups excluding carboxylic acids is 1. The van der Waals surface area contributed by atoms with Gasteiger partial charge in [0, 0.05) is 19.7 Å². The second-order valence-electron chi connectivity index (χ2n) is 4.41. The summed E-state index contributed by atoms with van der Waals surface area (Å²) in [6, 6.07) is 5.94. The van der Waals surface area contributed by atoms with Crippen LogP contribution in [-0.2, 0) is 4.79 Å². The molecule has 0 aromatic heterocycles. The normalized spacial score (nSPS) is 12.0. The zero-order chi connectivity index (χ0) is 14.3. The van der Waals surface area contributed by atoms with Crippen LogP contribution in [0, 0.1) is 11.7 Å². The quantitative estimate of drug-likeness (QED) is 0.818. The second kappa shape index (κ2) is 7.74. The Bertz CT molecular complexity index is 408. The Kier molecular flexibility index (Phi) is 6.29. The molecule has 106 valence electrons. The molecule has 0 aliphatic heterocycles. The minimum atomic E-state index is -0.337. The van der Waals surface area contributed by atoms with Gasteiger partial charge in [-0.25, -0.2) is 4.39 Å². The molecule has 2 N–H and O–H groups in total. The molecular weight excluding hydrogens is 247 g/mol. The largest absolute Gasteiger partial charge is 0.492 e. The Morgan fingerprint density at radius 1 is 1.53 bits per heavy atom. The minimum absolute atomic E-state index is 0.0212. The Hall–Kier alpha value is -1.62. The smallest absolute Gasteiger partial charge is 0.226 e. The third-order valence-corrected chi connectivity index (χ3v) is 2.99. The molecule has 0 spiro atoms. The van der Waals surface area contributed by atoms with E-state index in [2.05, 4.69) is 0 Å². The van der Waals surface area contributed by atoms with Crippen LogP contribution in [0.5, 0.6) is 5.75 Å². The predicted molar refractivity (Wildman–Crippen MR) is 72.4 cm³/mol. The van der Waals surface area contributed by atoms with Crippen LogP contribution in [0.1, 0.15) is 13.3 Å². The molecule has 1 rings (SSSR count). The summed E-state index contributed by atoms with van der Waals surface area (Å²) in [7, 11) is 1.72. The molecule has 4 nitrogen and oxygen atoms in total. The molecule has 1 amide bonds. The predicted octanol–water partition coefficient (Wildman–Crippen LogP) is 1.65. The van der Waals surface area contributed by atoms with Gasteiger partial charge in [0.2, 0.25) is 5.91 Å². The SMILES string of the molecule is CCC(CN)C(=O)N(C)CCOc1cccc(F)c1. The number of halogens is 1. The van der Waals surface area contributed by atoms with Gasteiger partial charge in [0.15, 0.2) is 0 Å². The minimum Gasteiger partial charge on any atom is -0.492 e. The molecule has 5 heteroatoms. The lowest BCUT2D eigenvalue weighted by atomic mass is 10.1. The number of nitrogens with zero attached hydrogens (tertiary/aromatic N) is 1. The molecule has 0 saturated carbocycles. The molecule has 0 saturated heterocycles. The molecule has 0 aliphatic carbocycles. The van der Waals surface area contributed by atoms with Gasteiger partial charge in [-0.2, -0.15) is 0 Å². The Balaban J connectivity index is 2.38. The van der Waals surface area contributed by atoms with Crippen molar-refractivity contribution in [1.82, 2.24) is 4.90 Å². The lowest BCUT2D eigenvalue weighted by Gasteiger charge is -2.22. The summed E-state index contributed by atoms with van der Waals surface area (Å²) in [6.45, 7) is 3.06. The number of benzene rings is 1. The van der Waals surface area contributed by atoms with Gasteiger partial charge in [0.05, 0.1) is 12.5 Å². The van der Waals surface area contributed by atoms with E-state index in [1.807, 2.05) is 6.92 Å². The van der Waals surface area contributed by atoms with Crippen LogP contribution in [0.4, 0.5) is 4.39 Å². The standard InChI is InChI=1S/C14H21FN2O2/c1-3-11(10-16)14(18)17(2)7-8-19-13-6-4-5-12(15)9-13/h4-6,9,11H,3,7-8,10,16H2,1-2H3. The first-order valence-electron chi connectivity index (χ1n) is 6.41. The summed E-state index contributed by atoms with van der Waals surface area (Å²) in [4.78, 5) is 13.5. The number of rotatable bonds is 7. The third kappa shape index (κ3) is 4.87. The Labute approximate surface area is 113 Å². The molecule has 0 radical (unpaired) electrons. The average Bonchev–Trinajstić information content (AvgIpc) is 2.40. The summed E-state index contributed by atoms with van der Waals surface area (Å²) in [5.41, 5.74) is 5.54. The fourth-order valence-electron chi connectivity index (χ4n) is 1.72. The van der Waals surface area contributed by atoms with Crippen molar-refractivity contribution < 1.29 is 13.9 Å². The maximum atomic E-state index is 12.9. The van der Waals surface area contributed by atoms with E-state index in [9.17, 15) is 9.18 Å². The molecule has 1 aromatic rings. The van der Waals surface area contributed by atoms with Gasteiger partial charge in [-0.15, -0.1) is 0 Å². The molecule has 0 aliphatic rings. The number of nitrogens with two attached hydrogens (primary N) is 1. The second-order valence-corrected chi connectivity index (χ2v) is 4.41. The van der Waals surface area contributed by atoms with Crippen LogP contribution < -0.4 is 10.5 Å². The zero-order valence-corrected chi connectivity index (χ0v) is 11.4. The molecule has 0 bridgehead atoms. The summed E-state index contributed by atoms with van der Waals surface area (Å²) >= 11 is 0. The zero-order valence-electron chi connectivity index (χ0n) is 11.4. The lowest BCUT2D eigenvalue weighted by molar-refractivity contribution is -0.134. The van der Waals surface area contributed by atoms with Crippen LogP contribution in [0.2, 0.25) is 0 Å². The van der Waals surface area contributed by atoms with Crippen LogP contribution in [0.3, 0.4) is 0 Å². The summed E-state index contributed by atoms with van der Waals surface area (Å²) in [6.07, 6.45) is 0.727. The van der Waals surface area contributed by atoms with Crippen molar-refractivity contribution in [3.8, 4) is 5.75 Å². The fraction of sp³-hybridized carbons (Fsp3) is 0.500. The van der Waals surface area contributed by atoms with E-state index in [1.165, 1.54) is 12.1 Å². The first-order valence-corrected chi connectivity index (χ1v) is 6.41. The van der Waals surface area contributed by atoms with E-state index in [1.54, 1.807) is 24.1 Å². The van der Waals surface area contributed by atoms with Crippen molar-refractivity contribution in [1.29, 1.82) is 0 Å². The van der Waals surface area contributed by atoms with Crippen molar-refractivity contribution in [3.63, 3.8) is 0 Å². The average molecular weight is 268 g/mol. The number of carbonyl (C=O) groups is 1. The number of ether oxygens (including phenoxy) is 1. The summed E-state index contributed by atoms with van der Waals surface area (Å²) in [5.74, 6) is 0.00911. The highest BCUT2D eigenvalue weighted by molar-refractivity contribution is 5.78. The van der Waals surface area contributed by atoms with Crippen molar-refractivity contribution in [3.05, 3.63) is 30.1 Å². The summed E-state index contributed by atoms with van der Waals surface area (Å²) < 4.78 is 18.3. The summed E-state index contributed by atoms with van der Waals surface area (Å²) in [5, 5.41) is 0. The van der Waals surface area contributed by atoms with Gasteiger partial charge in [0.1, 0.15) is 18.2 Å². The maximum absolute atomic E-state index is 12.9. The van der Waals surface area contributed by atoms with Crippen LogP contribution in [0.15, 0.2) is 24.3 Å². The topological polar surface area (TPSA) is 55.6 Å². The van der Waals surface area contributed by atoms with Crippen molar-refractivity contribution in [2.45, 2.75) is 13.3 Å². The first kappa shape index (κ1) is 15.4. The molecule has 1 aromatic carbocycles. The van der Waals surface area contributed by atoms with Crippen LogP contribution in [-0.4, -0.2) is 37.6 Å². The van der Waals surface area contributed by atoms with Gasteiger partial charge in [-0.05, 0) is 18.6 Å². The molecule has 0 fully saturated rings. The third-order valence-electron chi connectivity index (χ3n) is 2.99. The molecule has 1 atom stereocenters. The lowest BCUT2D eigenvalue weighted by Crippen LogP contribution is -2.38. The van der Waals surface area contributed by atoms with Crippen molar-refractivity contribution >= 4 is 5.91 Å². The molecule has 19 heavy (non-hydrogen) atoms. The van der Waals surface area contributed by atoms with Crippen LogP contribution in [0.25, 0.3) is 0 Å². The van der Waals surface area contributed by atoms with E-state index in [4.69, 9.17) is 10.5 Å². The molecule has 0 heterocycles. The van der Waals surface area contributed by atoms with Gasteiger partial charge in [-0.1, -0.05) is 13.0 Å². The molecule has 1 unspecified atom stereocenters. The van der Waals surface area contributed by atoms with Gasteiger partial charge < -0.3 is 15.4 Å². The van der Waals surface area contributed by atoms with E-state index < -0.39 is 0 Å². The Morgan fingerprint density at radius 2 is 2.26 bits per heavy atom. The van der Waals surface area contributed by atoms with Crippen LogP contribution >= 0.6 is 0 Å². The van der Waals surface area contributed by atoms with E-state index in [0.717, 1.165) is 6.42 Å². The fourth-order valence-corrected chi connectivity index (χ4v) is 1.72. The highest BCUT2D eigenvalue weighted by Crippen LogP contribution is 2.12.